The number of rotatable bonds is 6. The normalized spacial score (nSPS) is 19.9. The van der Waals surface area contributed by atoms with Crippen LogP contribution in [0.2, 0.25) is 0 Å². The van der Waals surface area contributed by atoms with Crippen LogP contribution in [0.25, 0.3) is 0 Å². The van der Waals surface area contributed by atoms with E-state index >= 15 is 0 Å². The summed E-state index contributed by atoms with van der Waals surface area (Å²) in [6.45, 7) is 5.08. The first-order valence-electron chi connectivity index (χ1n) is 10.3. The van der Waals surface area contributed by atoms with Gasteiger partial charge in [0.1, 0.15) is 5.69 Å². The third-order valence-electron chi connectivity index (χ3n) is 5.67. The maximum Gasteiger partial charge on any atom is 0.316 e. The predicted octanol–water partition coefficient (Wildman–Crippen LogP) is 1.35. The van der Waals surface area contributed by atoms with E-state index in [4.69, 9.17) is 4.74 Å². The van der Waals surface area contributed by atoms with E-state index in [-0.39, 0.29) is 17.7 Å². The molecule has 2 aliphatic rings. The van der Waals surface area contributed by atoms with Crippen molar-refractivity contribution in [1.82, 2.24) is 29.7 Å². The fourth-order valence-electron chi connectivity index (χ4n) is 3.99. The van der Waals surface area contributed by atoms with E-state index in [0.29, 0.717) is 50.3 Å². The van der Waals surface area contributed by atoms with Gasteiger partial charge in [0.05, 0.1) is 18.5 Å². The Labute approximate surface area is 175 Å². The average molecular weight is 410 g/mol. The van der Waals surface area contributed by atoms with Crippen LogP contribution in [-0.2, 0) is 4.79 Å². The average Bonchev–Trinajstić information content (AvgIpc) is 3.13. The van der Waals surface area contributed by atoms with Gasteiger partial charge >= 0.3 is 6.01 Å². The molecule has 0 radical (unpaired) electrons. The molecule has 2 saturated heterocycles. The molecule has 4 heterocycles. The Kier molecular flexibility index (Phi) is 6.15. The molecule has 0 aromatic carbocycles. The van der Waals surface area contributed by atoms with Crippen molar-refractivity contribution in [1.29, 1.82) is 0 Å². The highest BCUT2D eigenvalue weighted by molar-refractivity contribution is 5.92. The highest BCUT2D eigenvalue weighted by atomic mass is 16.5. The van der Waals surface area contributed by atoms with Crippen LogP contribution in [0.4, 0.5) is 0 Å². The van der Waals surface area contributed by atoms with E-state index in [0.717, 1.165) is 25.1 Å². The maximum absolute atomic E-state index is 12.6. The van der Waals surface area contributed by atoms with E-state index in [9.17, 15) is 9.59 Å². The zero-order valence-electron chi connectivity index (χ0n) is 17.1. The molecule has 1 unspecified atom stereocenters. The molecule has 2 amide bonds. The first kappa shape index (κ1) is 20.2. The van der Waals surface area contributed by atoms with E-state index in [2.05, 4.69) is 19.9 Å². The Morgan fingerprint density at radius 3 is 2.57 bits per heavy atom. The molecule has 2 aromatic heterocycles. The van der Waals surface area contributed by atoms with Gasteiger partial charge in [0, 0.05) is 57.1 Å². The summed E-state index contributed by atoms with van der Waals surface area (Å²) in [4.78, 5) is 45.2. The number of aromatic nitrogens is 4. The fourth-order valence-corrected chi connectivity index (χ4v) is 3.99. The van der Waals surface area contributed by atoms with Gasteiger partial charge in [0.2, 0.25) is 5.91 Å². The largest absolute Gasteiger partial charge is 0.463 e. The van der Waals surface area contributed by atoms with Gasteiger partial charge in [-0.15, -0.1) is 0 Å². The van der Waals surface area contributed by atoms with Gasteiger partial charge in [-0.05, 0) is 31.7 Å². The quantitative estimate of drug-likeness (QED) is 0.708. The minimum absolute atomic E-state index is 0.0708. The SMILES string of the molecule is Cc1cnc(C(=O)N2CCC(CN3CC(COc4ncccn4)CC3=O)CC2)cn1. The molecule has 0 saturated carbocycles. The maximum atomic E-state index is 12.6. The van der Waals surface area contributed by atoms with Crippen LogP contribution in [0.15, 0.2) is 30.9 Å². The van der Waals surface area contributed by atoms with Crippen LogP contribution in [0, 0.1) is 18.8 Å². The summed E-state index contributed by atoms with van der Waals surface area (Å²) in [5, 5.41) is 0. The van der Waals surface area contributed by atoms with E-state index in [1.54, 1.807) is 24.7 Å². The molecule has 0 bridgehead atoms. The number of hydrogen-bond donors (Lipinski definition) is 0. The number of hydrogen-bond acceptors (Lipinski definition) is 7. The molecule has 0 N–H and O–H groups in total. The summed E-state index contributed by atoms with van der Waals surface area (Å²) in [6.07, 6.45) is 8.68. The number of nitrogens with zero attached hydrogens (tertiary/aromatic N) is 6. The number of piperidine rings is 1. The van der Waals surface area contributed by atoms with E-state index in [1.807, 2.05) is 16.7 Å². The number of amides is 2. The molecule has 2 aliphatic heterocycles. The number of ether oxygens (including phenoxy) is 1. The van der Waals surface area contributed by atoms with Gasteiger partial charge in [-0.3, -0.25) is 14.6 Å². The number of aryl methyl sites for hydroxylation is 1. The van der Waals surface area contributed by atoms with Gasteiger partial charge in [0.25, 0.3) is 5.91 Å². The molecule has 158 valence electrons. The molecule has 2 fully saturated rings. The smallest absolute Gasteiger partial charge is 0.316 e. The van der Waals surface area contributed by atoms with E-state index < -0.39 is 0 Å². The van der Waals surface area contributed by atoms with Crippen LogP contribution < -0.4 is 4.74 Å². The molecular formula is C21H26N6O3. The van der Waals surface area contributed by atoms with Gasteiger partial charge < -0.3 is 14.5 Å². The van der Waals surface area contributed by atoms with Crippen LogP contribution in [0.1, 0.15) is 35.4 Å². The van der Waals surface area contributed by atoms with Crippen molar-refractivity contribution in [3.8, 4) is 6.01 Å². The van der Waals surface area contributed by atoms with Crippen LogP contribution in [0.5, 0.6) is 6.01 Å². The topological polar surface area (TPSA) is 101 Å². The third-order valence-corrected chi connectivity index (χ3v) is 5.67. The standard InChI is InChI=1S/C21H26N6O3/c1-15-10-25-18(11-24-15)20(29)26-7-3-16(4-8-26)12-27-13-17(9-19(27)28)14-30-21-22-5-2-6-23-21/h2,5-6,10-11,16-17H,3-4,7-9,12-14H2,1H3. The summed E-state index contributed by atoms with van der Waals surface area (Å²) >= 11 is 0. The molecule has 0 spiro atoms. The monoisotopic (exact) mass is 410 g/mol. The van der Waals surface area contributed by atoms with Crippen LogP contribution in [0.3, 0.4) is 0 Å². The number of carbonyl (C=O) groups is 2. The van der Waals surface area contributed by atoms with Crippen molar-refractivity contribution in [3.63, 3.8) is 0 Å². The van der Waals surface area contributed by atoms with E-state index in [1.165, 1.54) is 6.20 Å². The van der Waals surface area contributed by atoms with Crippen molar-refractivity contribution in [3.05, 3.63) is 42.2 Å². The second-order valence-corrected chi connectivity index (χ2v) is 7.99. The van der Waals surface area contributed by atoms with Crippen molar-refractivity contribution in [2.75, 3.05) is 32.8 Å². The lowest BCUT2D eigenvalue weighted by atomic mass is 9.96. The second kappa shape index (κ2) is 9.15. The summed E-state index contributed by atoms with van der Waals surface area (Å²) in [5.41, 5.74) is 1.18. The van der Waals surface area contributed by atoms with Crippen LogP contribution in [-0.4, -0.2) is 74.3 Å². The lowest BCUT2D eigenvalue weighted by Gasteiger charge is -2.33. The summed E-state index contributed by atoms with van der Waals surface area (Å²) < 4.78 is 5.61. The zero-order chi connectivity index (χ0) is 20.9. The second-order valence-electron chi connectivity index (χ2n) is 7.99. The van der Waals surface area contributed by atoms with Crippen LogP contribution >= 0.6 is 0 Å². The lowest BCUT2D eigenvalue weighted by molar-refractivity contribution is -0.128. The Morgan fingerprint density at radius 2 is 1.87 bits per heavy atom. The summed E-state index contributed by atoms with van der Waals surface area (Å²) in [6, 6.07) is 2.08. The lowest BCUT2D eigenvalue weighted by Crippen LogP contribution is -2.42. The summed E-state index contributed by atoms with van der Waals surface area (Å²) in [5.74, 6) is 0.659. The molecule has 0 aliphatic carbocycles. The molecule has 30 heavy (non-hydrogen) atoms. The number of likely N-dealkylation sites (tertiary alicyclic amines) is 2. The molecule has 9 heteroatoms. The Balaban J connectivity index is 1.22. The molecule has 1 atom stereocenters. The Hall–Kier alpha value is -3.10. The van der Waals surface area contributed by atoms with Crippen molar-refractivity contribution in [2.24, 2.45) is 11.8 Å². The molecule has 9 nitrogen and oxygen atoms in total. The van der Waals surface area contributed by atoms with Crippen molar-refractivity contribution in [2.45, 2.75) is 26.2 Å². The molecular weight excluding hydrogens is 384 g/mol. The minimum atomic E-state index is -0.0708. The molecule has 2 aromatic rings. The number of carbonyl (C=O) groups excluding carboxylic acids is 2. The van der Waals surface area contributed by atoms with Gasteiger partial charge in [-0.1, -0.05) is 0 Å². The van der Waals surface area contributed by atoms with Gasteiger partial charge in [-0.2, -0.15) is 0 Å². The van der Waals surface area contributed by atoms with Crippen molar-refractivity contribution < 1.29 is 14.3 Å². The van der Waals surface area contributed by atoms with Crippen molar-refractivity contribution >= 4 is 11.8 Å². The third kappa shape index (κ3) is 4.90. The fraction of sp³-hybridized carbons (Fsp3) is 0.524. The first-order valence-corrected chi connectivity index (χ1v) is 10.3. The highest BCUT2D eigenvalue weighted by Crippen LogP contribution is 2.24. The first-order chi connectivity index (χ1) is 14.6. The minimum Gasteiger partial charge on any atom is -0.463 e. The Morgan fingerprint density at radius 1 is 1.10 bits per heavy atom. The van der Waals surface area contributed by atoms with Gasteiger partial charge in [0.15, 0.2) is 0 Å². The highest BCUT2D eigenvalue weighted by Gasteiger charge is 2.33. The Bertz CT molecular complexity index is 868. The summed E-state index contributed by atoms with van der Waals surface area (Å²) in [7, 11) is 0. The predicted molar refractivity (Wildman–Crippen MR) is 108 cm³/mol. The zero-order valence-corrected chi connectivity index (χ0v) is 17.1. The molecule has 4 rings (SSSR count). The van der Waals surface area contributed by atoms with Gasteiger partial charge in [-0.25, -0.2) is 15.0 Å².